The number of carbonyl (C=O) groups excluding carboxylic acids is 2. The molecular formula is C13H16BrFN2O2. The molecule has 0 spiro atoms. The van der Waals surface area contributed by atoms with Gasteiger partial charge in [-0.3, -0.25) is 9.59 Å². The first-order valence-electron chi connectivity index (χ1n) is 5.86. The number of hydrogen-bond acceptors (Lipinski definition) is 2. The first-order chi connectivity index (χ1) is 8.91. The third-order valence-electron chi connectivity index (χ3n) is 2.55. The van der Waals surface area contributed by atoms with Crippen molar-refractivity contribution < 1.29 is 14.0 Å². The monoisotopic (exact) mass is 330 g/mol. The fraction of sp³-hybridized carbons (Fsp3) is 0.385. The molecule has 104 valence electrons. The molecule has 0 aliphatic rings. The topological polar surface area (TPSA) is 49.4 Å². The highest BCUT2D eigenvalue weighted by atomic mass is 79.9. The summed E-state index contributed by atoms with van der Waals surface area (Å²) in [5.74, 6) is -1.02. The van der Waals surface area contributed by atoms with E-state index in [4.69, 9.17) is 0 Å². The van der Waals surface area contributed by atoms with Gasteiger partial charge in [-0.1, -0.05) is 15.9 Å². The fourth-order valence-electron chi connectivity index (χ4n) is 1.55. The van der Waals surface area contributed by atoms with Gasteiger partial charge in [0.05, 0.1) is 5.56 Å². The van der Waals surface area contributed by atoms with Crippen LogP contribution in [0.3, 0.4) is 0 Å². The molecule has 4 nitrogen and oxygen atoms in total. The number of halogens is 2. The molecule has 1 aromatic carbocycles. The Morgan fingerprint density at radius 2 is 2.11 bits per heavy atom. The number of nitrogens with one attached hydrogen (secondary N) is 1. The Bertz CT molecular complexity index is 480. The fourth-order valence-corrected chi connectivity index (χ4v) is 1.91. The minimum Gasteiger partial charge on any atom is -0.356 e. The lowest BCUT2D eigenvalue weighted by Gasteiger charge is -2.17. The molecule has 0 saturated heterocycles. The molecule has 1 aromatic rings. The van der Waals surface area contributed by atoms with E-state index < -0.39 is 5.82 Å². The predicted octanol–water partition coefficient (Wildman–Crippen LogP) is 2.19. The number of nitrogens with zero attached hydrogens (tertiary/aromatic N) is 1. The van der Waals surface area contributed by atoms with Crippen molar-refractivity contribution in [3.63, 3.8) is 0 Å². The Morgan fingerprint density at radius 3 is 2.74 bits per heavy atom. The molecule has 1 rings (SSSR count). The standard InChI is InChI=1S/C13H16BrFN2O2/c1-9(18)16-6-3-7-17(2)13(19)11-8-10(14)4-5-12(11)15/h4-5,8H,3,6-7H2,1-2H3,(H,16,18). The lowest BCUT2D eigenvalue weighted by molar-refractivity contribution is -0.118. The maximum Gasteiger partial charge on any atom is 0.256 e. The van der Waals surface area contributed by atoms with Gasteiger partial charge in [0.1, 0.15) is 5.82 Å². The van der Waals surface area contributed by atoms with Crippen molar-refractivity contribution in [1.29, 1.82) is 0 Å². The van der Waals surface area contributed by atoms with Crippen LogP contribution in [0.5, 0.6) is 0 Å². The van der Waals surface area contributed by atoms with E-state index in [1.54, 1.807) is 13.1 Å². The van der Waals surface area contributed by atoms with Gasteiger partial charge in [0, 0.05) is 31.5 Å². The quantitative estimate of drug-likeness (QED) is 0.841. The molecule has 0 radical (unpaired) electrons. The summed E-state index contributed by atoms with van der Waals surface area (Å²) in [5, 5.41) is 2.64. The molecule has 0 saturated carbocycles. The van der Waals surface area contributed by atoms with Crippen LogP contribution in [-0.2, 0) is 4.79 Å². The van der Waals surface area contributed by atoms with Gasteiger partial charge in [0.2, 0.25) is 5.91 Å². The maximum absolute atomic E-state index is 13.5. The van der Waals surface area contributed by atoms with Crippen LogP contribution in [0.2, 0.25) is 0 Å². The Balaban J connectivity index is 2.56. The van der Waals surface area contributed by atoms with Crippen LogP contribution in [0.25, 0.3) is 0 Å². The summed E-state index contributed by atoms with van der Waals surface area (Å²) in [6, 6.07) is 4.26. The smallest absolute Gasteiger partial charge is 0.256 e. The third kappa shape index (κ3) is 4.98. The molecule has 0 aliphatic heterocycles. The molecule has 6 heteroatoms. The molecule has 0 atom stereocenters. The summed E-state index contributed by atoms with van der Waals surface area (Å²) >= 11 is 3.21. The predicted molar refractivity (Wildman–Crippen MR) is 74.4 cm³/mol. The van der Waals surface area contributed by atoms with Gasteiger partial charge < -0.3 is 10.2 Å². The van der Waals surface area contributed by atoms with E-state index in [0.717, 1.165) is 0 Å². The van der Waals surface area contributed by atoms with Crippen molar-refractivity contribution >= 4 is 27.7 Å². The Hall–Kier alpha value is -1.43. The minimum absolute atomic E-state index is 0.0383. The lowest BCUT2D eigenvalue weighted by atomic mass is 10.2. The Kier molecular flexibility index (Phi) is 5.95. The highest BCUT2D eigenvalue weighted by Gasteiger charge is 2.16. The summed E-state index contributed by atoms with van der Waals surface area (Å²) < 4.78 is 14.2. The van der Waals surface area contributed by atoms with Crippen molar-refractivity contribution in [3.05, 3.63) is 34.1 Å². The van der Waals surface area contributed by atoms with Crippen molar-refractivity contribution in [2.75, 3.05) is 20.1 Å². The number of carbonyl (C=O) groups is 2. The summed E-state index contributed by atoms with van der Waals surface area (Å²) in [6.07, 6.45) is 0.622. The molecule has 2 amide bonds. The van der Waals surface area contributed by atoms with Gasteiger partial charge in [-0.15, -0.1) is 0 Å². The third-order valence-corrected chi connectivity index (χ3v) is 3.04. The average molecular weight is 331 g/mol. The number of rotatable bonds is 5. The van der Waals surface area contributed by atoms with Crippen LogP contribution in [0, 0.1) is 5.82 Å². The molecule has 1 N–H and O–H groups in total. The molecule has 0 heterocycles. The van der Waals surface area contributed by atoms with Gasteiger partial charge in [-0.2, -0.15) is 0 Å². The van der Waals surface area contributed by atoms with E-state index in [9.17, 15) is 14.0 Å². The highest BCUT2D eigenvalue weighted by Crippen LogP contribution is 2.16. The Morgan fingerprint density at radius 1 is 1.42 bits per heavy atom. The van der Waals surface area contributed by atoms with Gasteiger partial charge >= 0.3 is 0 Å². The van der Waals surface area contributed by atoms with Crippen LogP contribution < -0.4 is 5.32 Å². The van der Waals surface area contributed by atoms with Crippen LogP contribution >= 0.6 is 15.9 Å². The highest BCUT2D eigenvalue weighted by molar-refractivity contribution is 9.10. The summed E-state index contributed by atoms with van der Waals surface area (Å²) in [7, 11) is 1.61. The van der Waals surface area contributed by atoms with Crippen molar-refractivity contribution in [3.8, 4) is 0 Å². The van der Waals surface area contributed by atoms with Crippen molar-refractivity contribution in [2.45, 2.75) is 13.3 Å². The van der Waals surface area contributed by atoms with Gasteiger partial charge in [-0.25, -0.2) is 4.39 Å². The number of hydrogen-bond donors (Lipinski definition) is 1. The zero-order valence-electron chi connectivity index (χ0n) is 10.9. The van der Waals surface area contributed by atoms with E-state index in [1.807, 2.05) is 0 Å². The van der Waals surface area contributed by atoms with E-state index in [0.29, 0.717) is 24.0 Å². The molecule has 0 bridgehead atoms. The second-order valence-electron chi connectivity index (χ2n) is 4.19. The summed E-state index contributed by atoms with van der Waals surface area (Å²) in [5.41, 5.74) is 0.0383. The van der Waals surface area contributed by atoms with Crippen LogP contribution in [0.1, 0.15) is 23.7 Å². The average Bonchev–Trinajstić information content (AvgIpc) is 2.36. The van der Waals surface area contributed by atoms with Crippen LogP contribution in [0.15, 0.2) is 22.7 Å². The largest absolute Gasteiger partial charge is 0.356 e. The molecule has 0 aliphatic carbocycles. The second-order valence-corrected chi connectivity index (χ2v) is 5.10. The number of benzene rings is 1. The van der Waals surface area contributed by atoms with E-state index >= 15 is 0 Å². The first-order valence-corrected chi connectivity index (χ1v) is 6.66. The summed E-state index contributed by atoms with van der Waals surface area (Å²) in [6.45, 7) is 2.38. The maximum atomic E-state index is 13.5. The van der Waals surface area contributed by atoms with Gasteiger partial charge in [-0.05, 0) is 24.6 Å². The van der Waals surface area contributed by atoms with E-state index in [2.05, 4.69) is 21.2 Å². The SMILES string of the molecule is CC(=O)NCCCN(C)C(=O)c1cc(Br)ccc1F. The molecular weight excluding hydrogens is 315 g/mol. The molecule has 0 unspecified atom stereocenters. The van der Waals surface area contributed by atoms with E-state index in [1.165, 1.54) is 24.0 Å². The van der Waals surface area contributed by atoms with Crippen LogP contribution in [0.4, 0.5) is 4.39 Å². The van der Waals surface area contributed by atoms with Gasteiger partial charge in [0.25, 0.3) is 5.91 Å². The number of amides is 2. The van der Waals surface area contributed by atoms with Gasteiger partial charge in [0.15, 0.2) is 0 Å². The normalized spacial score (nSPS) is 10.1. The zero-order chi connectivity index (χ0) is 14.4. The second kappa shape index (κ2) is 7.23. The van der Waals surface area contributed by atoms with Crippen molar-refractivity contribution in [2.24, 2.45) is 0 Å². The van der Waals surface area contributed by atoms with Crippen molar-refractivity contribution in [1.82, 2.24) is 10.2 Å². The molecule has 0 aromatic heterocycles. The first kappa shape index (κ1) is 15.6. The van der Waals surface area contributed by atoms with E-state index in [-0.39, 0.29) is 17.4 Å². The lowest BCUT2D eigenvalue weighted by Crippen LogP contribution is -2.31. The Labute approximate surface area is 120 Å². The zero-order valence-corrected chi connectivity index (χ0v) is 12.5. The van der Waals surface area contributed by atoms with Crippen LogP contribution in [-0.4, -0.2) is 36.9 Å². The minimum atomic E-state index is -0.540. The molecule has 19 heavy (non-hydrogen) atoms. The molecule has 0 fully saturated rings. The summed E-state index contributed by atoms with van der Waals surface area (Å²) in [4.78, 5) is 24.1.